The Hall–Kier alpha value is -1.59. The summed E-state index contributed by atoms with van der Waals surface area (Å²) in [6.45, 7) is 4.82. The number of hydrogen-bond donors (Lipinski definition) is 2. The highest BCUT2D eigenvalue weighted by atomic mass is 15.3. The van der Waals surface area contributed by atoms with Crippen LogP contribution < -0.4 is 10.6 Å². The first-order valence-corrected chi connectivity index (χ1v) is 10.3. The van der Waals surface area contributed by atoms with Crippen molar-refractivity contribution in [1.29, 1.82) is 0 Å². The van der Waals surface area contributed by atoms with Gasteiger partial charge in [0.05, 0.1) is 0 Å². The van der Waals surface area contributed by atoms with Crippen LogP contribution in [0.4, 0.5) is 0 Å². The number of aliphatic imine (C=N–C) groups is 1. The summed E-state index contributed by atoms with van der Waals surface area (Å²) in [6.07, 6.45) is 14.8. The van der Waals surface area contributed by atoms with Gasteiger partial charge in [-0.15, -0.1) is 10.2 Å². The molecule has 0 spiro atoms. The molecule has 0 radical (unpaired) electrons. The van der Waals surface area contributed by atoms with E-state index in [1.165, 1.54) is 57.8 Å². The van der Waals surface area contributed by atoms with E-state index >= 15 is 0 Å². The first-order chi connectivity index (χ1) is 12.3. The molecule has 2 aliphatic carbocycles. The van der Waals surface area contributed by atoms with E-state index in [-0.39, 0.29) is 0 Å². The van der Waals surface area contributed by atoms with Crippen molar-refractivity contribution in [3.05, 3.63) is 12.2 Å². The van der Waals surface area contributed by atoms with E-state index in [2.05, 4.69) is 32.3 Å². The zero-order valence-corrected chi connectivity index (χ0v) is 15.7. The number of rotatable bonds is 7. The number of nitrogens with one attached hydrogen (secondary N) is 2. The van der Waals surface area contributed by atoms with Gasteiger partial charge in [0.1, 0.15) is 12.2 Å². The molecular weight excluding hydrogens is 312 g/mol. The van der Waals surface area contributed by atoms with Gasteiger partial charge in [-0.2, -0.15) is 0 Å². The van der Waals surface area contributed by atoms with Gasteiger partial charge in [-0.25, -0.2) is 0 Å². The molecule has 0 bridgehead atoms. The smallest absolute Gasteiger partial charge is 0.191 e. The van der Waals surface area contributed by atoms with Gasteiger partial charge in [0, 0.05) is 32.1 Å². The number of aryl methyl sites for hydroxylation is 1. The van der Waals surface area contributed by atoms with Gasteiger partial charge < -0.3 is 15.2 Å². The molecule has 0 saturated heterocycles. The largest absolute Gasteiger partial charge is 0.355 e. The van der Waals surface area contributed by atoms with E-state index in [9.17, 15) is 0 Å². The van der Waals surface area contributed by atoms with Crippen LogP contribution in [0.15, 0.2) is 11.3 Å². The number of hydrogen-bond acceptors (Lipinski definition) is 3. The van der Waals surface area contributed by atoms with Crippen LogP contribution in [0.25, 0.3) is 0 Å². The molecule has 2 fully saturated rings. The summed E-state index contributed by atoms with van der Waals surface area (Å²) in [5.74, 6) is 2.83. The third-order valence-corrected chi connectivity index (χ3v) is 5.59. The Kier molecular flexibility index (Phi) is 7.12. The van der Waals surface area contributed by atoms with E-state index in [0.29, 0.717) is 6.04 Å². The fourth-order valence-electron chi connectivity index (χ4n) is 4.04. The average molecular weight is 347 g/mol. The van der Waals surface area contributed by atoms with E-state index in [1.54, 1.807) is 0 Å². The third kappa shape index (κ3) is 5.72. The molecule has 1 heterocycles. The van der Waals surface area contributed by atoms with Gasteiger partial charge in [0.2, 0.25) is 0 Å². The van der Waals surface area contributed by atoms with Crippen LogP contribution in [0.1, 0.15) is 70.5 Å². The van der Waals surface area contributed by atoms with Gasteiger partial charge in [-0.05, 0) is 31.6 Å². The molecule has 2 aliphatic rings. The quantitative estimate of drug-likeness (QED) is 0.588. The molecule has 0 unspecified atom stereocenters. The highest BCUT2D eigenvalue weighted by Gasteiger charge is 2.17. The summed E-state index contributed by atoms with van der Waals surface area (Å²) in [5, 5.41) is 15.4. The molecule has 2 saturated carbocycles. The summed E-state index contributed by atoms with van der Waals surface area (Å²) >= 11 is 0. The topological polar surface area (TPSA) is 67.1 Å². The molecule has 0 amide bonds. The zero-order chi connectivity index (χ0) is 17.3. The lowest BCUT2D eigenvalue weighted by molar-refractivity contribution is 0.366. The predicted molar refractivity (Wildman–Crippen MR) is 102 cm³/mol. The summed E-state index contributed by atoms with van der Waals surface area (Å²) < 4.78 is 2.13. The lowest BCUT2D eigenvalue weighted by Gasteiger charge is -2.22. The Morgan fingerprint density at radius 2 is 1.92 bits per heavy atom. The summed E-state index contributed by atoms with van der Waals surface area (Å²) in [7, 11) is 0. The monoisotopic (exact) mass is 346 g/mol. The Balaban J connectivity index is 1.51. The number of guanidine groups is 1. The van der Waals surface area contributed by atoms with Gasteiger partial charge in [-0.1, -0.05) is 39.0 Å². The minimum Gasteiger partial charge on any atom is -0.355 e. The van der Waals surface area contributed by atoms with Crippen LogP contribution in [-0.4, -0.2) is 39.9 Å². The lowest BCUT2D eigenvalue weighted by Crippen LogP contribution is -2.43. The minimum absolute atomic E-state index is 0.596. The molecular formula is C19H34N6. The standard InChI is InChI=1S/C19H34N6/c1-2-18-24-22-15-25(18)13-12-20-19(23-17-10-6-7-11-17)21-14-16-8-4-3-5-9-16/h15-17H,2-14H2,1H3,(H2,20,21,23). The number of nitrogens with zero attached hydrogens (tertiary/aromatic N) is 4. The SMILES string of the molecule is CCc1nncn1CCNC(=NCC1CCCCC1)NC1CCCC1. The van der Waals surface area contributed by atoms with E-state index in [4.69, 9.17) is 4.99 Å². The van der Waals surface area contributed by atoms with Crippen LogP contribution >= 0.6 is 0 Å². The van der Waals surface area contributed by atoms with E-state index in [1.807, 2.05) is 6.33 Å². The maximum absolute atomic E-state index is 4.93. The van der Waals surface area contributed by atoms with Crippen molar-refractivity contribution in [2.75, 3.05) is 13.1 Å². The van der Waals surface area contributed by atoms with Crippen molar-refractivity contribution in [3.8, 4) is 0 Å². The molecule has 0 atom stereocenters. The summed E-state index contributed by atoms with van der Waals surface area (Å²) in [4.78, 5) is 4.93. The van der Waals surface area contributed by atoms with Gasteiger partial charge in [-0.3, -0.25) is 4.99 Å². The highest BCUT2D eigenvalue weighted by molar-refractivity contribution is 5.80. The van der Waals surface area contributed by atoms with Gasteiger partial charge in [0.25, 0.3) is 0 Å². The fraction of sp³-hybridized carbons (Fsp3) is 0.842. The molecule has 0 aliphatic heterocycles. The first kappa shape index (κ1) is 18.2. The van der Waals surface area contributed by atoms with Gasteiger partial charge in [0.15, 0.2) is 5.96 Å². The second-order valence-electron chi connectivity index (χ2n) is 7.54. The maximum atomic E-state index is 4.93. The van der Waals surface area contributed by atoms with Crippen LogP contribution in [0, 0.1) is 5.92 Å². The van der Waals surface area contributed by atoms with E-state index < -0.39 is 0 Å². The Morgan fingerprint density at radius 1 is 1.16 bits per heavy atom. The summed E-state index contributed by atoms with van der Waals surface area (Å²) in [6, 6.07) is 0.596. The van der Waals surface area contributed by atoms with Crippen molar-refractivity contribution in [2.24, 2.45) is 10.9 Å². The van der Waals surface area contributed by atoms with Crippen LogP contribution in [0.3, 0.4) is 0 Å². The molecule has 1 aromatic rings. The molecule has 25 heavy (non-hydrogen) atoms. The second kappa shape index (κ2) is 9.78. The second-order valence-corrected chi connectivity index (χ2v) is 7.54. The zero-order valence-electron chi connectivity index (χ0n) is 15.7. The van der Waals surface area contributed by atoms with Crippen molar-refractivity contribution in [3.63, 3.8) is 0 Å². The minimum atomic E-state index is 0.596. The molecule has 6 heteroatoms. The Labute approximate surface area is 151 Å². The molecule has 0 aromatic carbocycles. The summed E-state index contributed by atoms with van der Waals surface area (Å²) in [5.41, 5.74) is 0. The number of aromatic nitrogens is 3. The van der Waals surface area contributed by atoms with Crippen molar-refractivity contribution >= 4 is 5.96 Å². The van der Waals surface area contributed by atoms with Crippen molar-refractivity contribution < 1.29 is 0 Å². The third-order valence-electron chi connectivity index (χ3n) is 5.59. The molecule has 3 rings (SSSR count). The normalized spacial score (nSPS) is 20.1. The van der Waals surface area contributed by atoms with Crippen LogP contribution in [0.2, 0.25) is 0 Å². The molecule has 6 nitrogen and oxygen atoms in total. The van der Waals surface area contributed by atoms with Crippen LogP contribution in [0.5, 0.6) is 0 Å². The highest BCUT2D eigenvalue weighted by Crippen LogP contribution is 2.23. The Bertz CT molecular complexity index is 526. The average Bonchev–Trinajstić information content (AvgIpc) is 3.32. The molecule has 2 N–H and O–H groups in total. The predicted octanol–water partition coefficient (Wildman–Crippen LogP) is 2.90. The van der Waals surface area contributed by atoms with E-state index in [0.717, 1.165) is 43.8 Å². The molecule has 140 valence electrons. The van der Waals surface area contributed by atoms with Crippen LogP contribution in [-0.2, 0) is 13.0 Å². The molecule has 1 aromatic heterocycles. The lowest BCUT2D eigenvalue weighted by atomic mass is 9.89. The fourth-order valence-corrected chi connectivity index (χ4v) is 4.04. The van der Waals surface area contributed by atoms with Crippen molar-refractivity contribution in [1.82, 2.24) is 25.4 Å². The first-order valence-electron chi connectivity index (χ1n) is 10.3. The Morgan fingerprint density at radius 3 is 2.68 bits per heavy atom. The maximum Gasteiger partial charge on any atom is 0.191 e. The van der Waals surface area contributed by atoms with Gasteiger partial charge >= 0.3 is 0 Å². The van der Waals surface area contributed by atoms with Crippen molar-refractivity contribution in [2.45, 2.75) is 83.7 Å².